The Labute approximate surface area is 71.5 Å². The molecular formula is C9H12O3. The minimum absolute atomic E-state index is 0.0933. The van der Waals surface area contributed by atoms with Gasteiger partial charge in [-0.05, 0) is 0 Å². The van der Waals surface area contributed by atoms with Gasteiger partial charge in [0.25, 0.3) is 0 Å². The minimum atomic E-state index is -0.897. The first-order valence-corrected chi connectivity index (χ1v) is 3.68. The van der Waals surface area contributed by atoms with Gasteiger partial charge in [-0.1, -0.05) is 30.3 Å². The summed E-state index contributed by atoms with van der Waals surface area (Å²) < 4.78 is 9.56. The van der Waals surface area contributed by atoms with Gasteiger partial charge in [0.15, 0.2) is 6.29 Å². The maximum Gasteiger partial charge on any atom is 0.183 e. The summed E-state index contributed by atoms with van der Waals surface area (Å²) in [4.78, 5) is 0. The van der Waals surface area contributed by atoms with Gasteiger partial charge < -0.3 is 14.6 Å². The van der Waals surface area contributed by atoms with Gasteiger partial charge >= 0.3 is 0 Å². The van der Waals surface area contributed by atoms with Crippen molar-refractivity contribution in [1.29, 1.82) is 0 Å². The predicted molar refractivity (Wildman–Crippen MR) is 44.4 cm³/mol. The van der Waals surface area contributed by atoms with Crippen LogP contribution in [-0.4, -0.2) is 19.0 Å². The number of rotatable bonds is 4. The van der Waals surface area contributed by atoms with Crippen LogP contribution in [0.5, 0.6) is 0 Å². The zero-order chi connectivity index (χ0) is 8.81. The average Bonchev–Trinajstić information content (AvgIpc) is 2.15. The van der Waals surface area contributed by atoms with Crippen molar-refractivity contribution >= 4 is 0 Å². The lowest BCUT2D eigenvalue weighted by atomic mass is 10.2. The fourth-order valence-electron chi connectivity index (χ4n) is 0.846. The molecule has 1 rings (SSSR count). The van der Waals surface area contributed by atoms with Gasteiger partial charge in [0.2, 0.25) is 0 Å². The van der Waals surface area contributed by atoms with Crippen LogP contribution in [-0.2, 0) is 9.47 Å². The van der Waals surface area contributed by atoms with Gasteiger partial charge in [0.1, 0.15) is 6.79 Å². The van der Waals surface area contributed by atoms with Gasteiger partial charge in [-0.15, -0.1) is 0 Å². The second-order valence-corrected chi connectivity index (χ2v) is 2.34. The van der Waals surface area contributed by atoms with E-state index >= 15 is 0 Å². The number of methoxy groups -OCH3 is 1. The standard InChI is InChI=1S/C9H12O3/c1-11-7-12-9(10)8-5-3-2-4-6-8/h2-6,9-10H,7H2,1H3. The summed E-state index contributed by atoms with van der Waals surface area (Å²) >= 11 is 0. The van der Waals surface area contributed by atoms with E-state index in [4.69, 9.17) is 4.74 Å². The molecule has 1 unspecified atom stereocenters. The molecule has 3 heteroatoms. The third-order valence-corrected chi connectivity index (χ3v) is 1.43. The molecule has 66 valence electrons. The number of ether oxygens (including phenoxy) is 2. The van der Waals surface area contributed by atoms with Crippen LogP contribution < -0.4 is 0 Å². The second-order valence-electron chi connectivity index (χ2n) is 2.34. The van der Waals surface area contributed by atoms with Gasteiger partial charge in [-0.25, -0.2) is 0 Å². The Morgan fingerprint density at radius 1 is 1.33 bits per heavy atom. The van der Waals surface area contributed by atoms with Crippen LogP contribution in [0.4, 0.5) is 0 Å². The molecule has 12 heavy (non-hydrogen) atoms. The van der Waals surface area contributed by atoms with Gasteiger partial charge in [-0.2, -0.15) is 0 Å². The number of benzene rings is 1. The van der Waals surface area contributed by atoms with Crippen LogP contribution in [0.2, 0.25) is 0 Å². The molecule has 1 N–H and O–H groups in total. The summed E-state index contributed by atoms with van der Waals surface area (Å²) in [5.41, 5.74) is 0.731. The van der Waals surface area contributed by atoms with Crippen molar-refractivity contribution in [2.75, 3.05) is 13.9 Å². The van der Waals surface area contributed by atoms with Crippen molar-refractivity contribution in [1.82, 2.24) is 0 Å². The van der Waals surface area contributed by atoms with Crippen LogP contribution in [0, 0.1) is 0 Å². The topological polar surface area (TPSA) is 38.7 Å². The largest absolute Gasteiger partial charge is 0.364 e. The van der Waals surface area contributed by atoms with E-state index in [0.29, 0.717) is 0 Å². The van der Waals surface area contributed by atoms with Crippen LogP contribution in [0.1, 0.15) is 11.9 Å². The molecule has 0 spiro atoms. The molecule has 1 aromatic rings. The minimum Gasteiger partial charge on any atom is -0.364 e. The fourth-order valence-corrected chi connectivity index (χ4v) is 0.846. The van der Waals surface area contributed by atoms with E-state index in [9.17, 15) is 5.11 Å². The summed E-state index contributed by atoms with van der Waals surface area (Å²) in [6.45, 7) is 0.0933. The first-order valence-electron chi connectivity index (χ1n) is 3.68. The van der Waals surface area contributed by atoms with Crippen molar-refractivity contribution in [2.45, 2.75) is 6.29 Å². The van der Waals surface area contributed by atoms with Gasteiger partial charge in [0.05, 0.1) is 0 Å². The van der Waals surface area contributed by atoms with Crippen molar-refractivity contribution in [3.63, 3.8) is 0 Å². The Bertz CT molecular complexity index is 210. The van der Waals surface area contributed by atoms with Crippen molar-refractivity contribution in [2.24, 2.45) is 0 Å². The van der Waals surface area contributed by atoms with E-state index in [1.807, 2.05) is 18.2 Å². The fraction of sp³-hybridized carbons (Fsp3) is 0.333. The van der Waals surface area contributed by atoms with E-state index in [-0.39, 0.29) is 6.79 Å². The molecule has 0 aliphatic heterocycles. The van der Waals surface area contributed by atoms with E-state index in [0.717, 1.165) is 5.56 Å². The smallest absolute Gasteiger partial charge is 0.183 e. The highest BCUT2D eigenvalue weighted by Gasteiger charge is 2.04. The molecule has 0 amide bonds. The van der Waals surface area contributed by atoms with Gasteiger partial charge in [-0.3, -0.25) is 0 Å². The maximum atomic E-state index is 9.35. The molecule has 0 saturated heterocycles. The monoisotopic (exact) mass is 168 g/mol. The average molecular weight is 168 g/mol. The van der Waals surface area contributed by atoms with E-state index in [1.165, 1.54) is 7.11 Å². The highest BCUT2D eigenvalue weighted by Crippen LogP contribution is 2.12. The van der Waals surface area contributed by atoms with E-state index in [2.05, 4.69) is 4.74 Å². The molecule has 0 aliphatic rings. The molecule has 0 fully saturated rings. The third kappa shape index (κ3) is 2.62. The number of hydrogen-bond donors (Lipinski definition) is 1. The van der Waals surface area contributed by atoms with Crippen LogP contribution in [0.15, 0.2) is 30.3 Å². The first kappa shape index (κ1) is 9.19. The summed E-state index contributed by atoms with van der Waals surface area (Å²) in [5.74, 6) is 0. The number of hydrogen-bond acceptors (Lipinski definition) is 3. The van der Waals surface area contributed by atoms with Crippen molar-refractivity contribution in [3.05, 3.63) is 35.9 Å². The van der Waals surface area contributed by atoms with E-state index < -0.39 is 6.29 Å². The maximum absolute atomic E-state index is 9.35. The Morgan fingerprint density at radius 2 is 2.00 bits per heavy atom. The molecule has 0 heterocycles. The summed E-state index contributed by atoms with van der Waals surface area (Å²) in [6, 6.07) is 9.15. The zero-order valence-electron chi connectivity index (χ0n) is 6.93. The molecule has 0 aromatic heterocycles. The molecule has 0 saturated carbocycles. The molecule has 3 nitrogen and oxygen atoms in total. The van der Waals surface area contributed by atoms with E-state index in [1.54, 1.807) is 12.1 Å². The summed E-state index contributed by atoms with van der Waals surface area (Å²) in [5, 5.41) is 9.35. The lowest BCUT2D eigenvalue weighted by molar-refractivity contribution is -0.164. The van der Waals surface area contributed by atoms with Crippen LogP contribution >= 0.6 is 0 Å². The lowest BCUT2D eigenvalue weighted by Crippen LogP contribution is -2.05. The molecule has 0 aliphatic carbocycles. The Balaban J connectivity index is 2.48. The second kappa shape index (κ2) is 4.87. The quantitative estimate of drug-likeness (QED) is 0.688. The van der Waals surface area contributed by atoms with Crippen LogP contribution in [0.3, 0.4) is 0 Å². The Kier molecular flexibility index (Phi) is 3.73. The van der Waals surface area contributed by atoms with Gasteiger partial charge in [0, 0.05) is 12.7 Å². The summed E-state index contributed by atoms with van der Waals surface area (Å²) in [7, 11) is 1.51. The Morgan fingerprint density at radius 3 is 2.58 bits per heavy atom. The molecule has 1 aromatic carbocycles. The molecular weight excluding hydrogens is 156 g/mol. The van der Waals surface area contributed by atoms with Crippen LogP contribution in [0.25, 0.3) is 0 Å². The van der Waals surface area contributed by atoms with Crippen molar-refractivity contribution in [3.8, 4) is 0 Å². The summed E-state index contributed by atoms with van der Waals surface area (Å²) in [6.07, 6.45) is -0.897. The zero-order valence-corrected chi connectivity index (χ0v) is 6.93. The number of aliphatic hydroxyl groups excluding tert-OH is 1. The number of aliphatic hydroxyl groups is 1. The lowest BCUT2D eigenvalue weighted by Gasteiger charge is -2.10. The highest BCUT2D eigenvalue weighted by atomic mass is 16.7. The molecule has 0 bridgehead atoms. The SMILES string of the molecule is COCOC(O)c1ccccc1. The normalized spacial score (nSPS) is 12.8. The Hall–Kier alpha value is -0.900. The predicted octanol–water partition coefficient (Wildman–Crippen LogP) is 1.30. The third-order valence-electron chi connectivity index (χ3n) is 1.43. The first-order chi connectivity index (χ1) is 5.84. The van der Waals surface area contributed by atoms with Crippen molar-refractivity contribution < 1.29 is 14.6 Å². The highest BCUT2D eigenvalue weighted by molar-refractivity contribution is 5.15. The molecule has 1 atom stereocenters. The molecule has 0 radical (unpaired) electrons.